The number of benzene rings is 1. The van der Waals surface area contributed by atoms with Crippen molar-refractivity contribution < 1.29 is 0 Å². The highest BCUT2D eigenvalue weighted by Gasteiger charge is 1.96. The second kappa shape index (κ2) is 3.97. The summed E-state index contributed by atoms with van der Waals surface area (Å²) >= 11 is 0. The van der Waals surface area contributed by atoms with Crippen LogP contribution in [0.5, 0.6) is 0 Å². The Morgan fingerprint density at radius 2 is 1.67 bits per heavy atom. The highest BCUT2D eigenvalue weighted by molar-refractivity contribution is 5.36. The van der Waals surface area contributed by atoms with Gasteiger partial charge in [0.05, 0.1) is 0 Å². The fourth-order valence-corrected chi connectivity index (χ4v) is 1.10. The molecular formula is C12H14. The molecule has 62 valence electrons. The van der Waals surface area contributed by atoms with Crippen LogP contribution in [0.2, 0.25) is 0 Å². The molecule has 0 saturated carbocycles. The molecule has 0 saturated heterocycles. The lowest BCUT2D eigenvalue weighted by Gasteiger charge is -2.03. The minimum Gasteiger partial charge on any atom is -0.101 e. The Morgan fingerprint density at radius 3 is 2.08 bits per heavy atom. The van der Waals surface area contributed by atoms with E-state index < -0.39 is 0 Å². The molecule has 1 rings (SSSR count). The molecule has 12 heavy (non-hydrogen) atoms. The van der Waals surface area contributed by atoms with Crippen molar-refractivity contribution in [1.82, 2.24) is 0 Å². The Bertz CT molecular complexity index is 293. The van der Waals surface area contributed by atoms with Crippen LogP contribution < -0.4 is 0 Å². The molecule has 1 aromatic rings. The Labute approximate surface area is 74.6 Å². The van der Waals surface area contributed by atoms with Crippen molar-refractivity contribution in [2.45, 2.75) is 26.7 Å². The van der Waals surface area contributed by atoms with Gasteiger partial charge >= 0.3 is 0 Å². The maximum Gasteiger partial charge on any atom is 0.0245 e. The van der Waals surface area contributed by atoms with Crippen LogP contribution in [-0.4, -0.2) is 0 Å². The Morgan fingerprint density at radius 1 is 1.08 bits per heavy atom. The SMILES string of the molecule is CC#Cc1ccc(C(C)C)cc1. The van der Waals surface area contributed by atoms with Crippen LogP contribution in [0.3, 0.4) is 0 Å². The number of hydrogen-bond acceptors (Lipinski definition) is 0. The van der Waals surface area contributed by atoms with Gasteiger partial charge in [0.2, 0.25) is 0 Å². The molecule has 1 aromatic carbocycles. The van der Waals surface area contributed by atoms with Crippen molar-refractivity contribution >= 4 is 0 Å². The summed E-state index contributed by atoms with van der Waals surface area (Å²) < 4.78 is 0. The van der Waals surface area contributed by atoms with E-state index in [-0.39, 0.29) is 0 Å². The van der Waals surface area contributed by atoms with E-state index in [1.54, 1.807) is 0 Å². The van der Waals surface area contributed by atoms with Gasteiger partial charge in [-0.25, -0.2) is 0 Å². The zero-order valence-electron chi connectivity index (χ0n) is 7.89. The maximum atomic E-state index is 3.02. The summed E-state index contributed by atoms with van der Waals surface area (Å²) in [7, 11) is 0. The average Bonchev–Trinajstić information content (AvgIpc) is 2.06. The van der Waals surface area contributed by atoms with Gasteiger partial charge in [0.1, 0.15) is 0 Å². The molecule has 0 aliphatic heterocycles. The van der Waals surface area contributed by atoms with Crippen molar-refractivity contribution in [2.24, 2.45) is 0 Å². The Balaban J connectivity index is 2.90. The van der Waals surface area contributed by atoms with Crippen LogP contribution >= 0.6 is 0 Å². The zero-order valence-corrected chi connectivity index (χ0v) is 7.89. The highest BCUT2D eigenvalue weighted by Crippen LogP contribution is 2.13. The van der Waals surface area contributed by atoms with E-state index in [2.05, 4.69) is 50.0 Å². The standard InChI is InChI=1S/C12H14/c1-4-5-11-6-8-12(9-7-11)10(2)3/h6-10H,1-3H3. The third-order valence-electron chi connectivity index (χ3n) is 1.85. The van der Waals surface area contributed by atoms with Gasteiger partial charge in [0.25, 0.3) is 0 Å². The van der Waals surface area contributed by atoms with Crippen molar-refractivity contribution in [3.63, 3.8) is 0 Å². The van der Waals surface area contributed by atoms with Crippen LogP contribution in [-0.2, 0) is 0 Å². The highest BCUT2D eigenvalue weighted by atomic mass is 14.0. The predicted molar refractivity (Wildman–Crippen MR) is 53.1 cm³/mol. The summed E-state index contributed by atoms with van der Waals surface area (Å²) in [6, 6.07) is 8.44. The predicted octanol–water partition coefficient (Wildman–Crippen LogP) is 3.18. The second-order valence-electron chi connectivity index (χ2n) is 3.15. The van der Waals surface area contributed by atoms with E-state index in [0.29, 0.717) is 5.92 Å². The first-order valence-electron chi connectivity index (χ1n) is 4.26. The summed E-state index contributed by atoms with van der Waals surface area (Å²) in [4.78, 5) is 0. The lowest BCUT2D eigenvalue weighted by Crippen LogP contribution is -1.86. The van der Waals surface area contributed by atoms with E-state index in [9.17, 15) is 0 Å². The summed E-state index contributed by atoms with van der Waals surface area (Å²) in [5.41, 5.74) is 2.47. The maximum absolute atomic E-state index is 3.02. The van der Waals surface area contributed by atoms with Crippen LogP contribution in [0.15, 0.2) is 24.3 Å². The van der Waals surface area contributed by atoms with Crippen LogP contribution in [0.25, 0.3) is 0 Å². The number of hydrogen-bond donors (Lipinski definition) is 0. The monoisotopic (exact) mass is 158 g/mol. The van der Waals surface area contributed by atoms with Crippen molar-refractivity contribution in [2.75, 3.05) is 0 Å². The first-order valence-corrected chi connectivity index (χ1v) is 4.26. The summed E-state index contributed by atoms with van der Waals surface area (Å²) in [5, 5.41) is 0. The van der Waals surface area contributed by atoms with Gasteiger partial charge in [-0.1, -0.05) is 31.9 Å². The lowest BCUT2D eigenvalue weighted by atomic mass is 10.0. The molecule has 0 aromatic heterocycles. The van der Waals surface area contributed by atoms with E-state index >= 15 is 0 Å². The Hall–Kier alpha value is -1.22. The summed E-state index contributed by atoms with van der Waals surface area (Å²) in [5.74, 6) is 6.51. The van der Waals surface area contributed by atoms with E-state index in [4.69, 9.17) is 0 Å². The quantitative estimate of drug-likeness (QED) is 0.551. The average molecular weight is 158 g/mol. The lowest BCUT2D eigenvalue weighted by molar-refractivity contribution is 0.866. The Kier molecular flexibility index (Phi) is 2.94. The normalized spacial score (nSPS) is 9.33. The van der Waals surface area contributed by atoms with Crippen LogP contribution in [0.4, 0.5) is 0 Å². The molecule has 0 heterocycles. The van der Waals surface area contributed by atoms with Crippen molar-refractivity contribution in [1.29, 1.82) is 0 Å². The van der Waals surface area contributed by atoms with E-state index in [0.717, 1.165) is 5.56 Å². The molecule has 0 aliphatic rings. The molecule has 0 nitrogen and oxygen atoms in total. The largest absolute Gasteiger partial charge is 0.101 e. The summed E-state index contributed by atoms with van der Waals surface area (Å²) in [6.45, 7) is 6.25. The fourth-order valence-electron chi connectivity index (χ4n) is 1.10. The van der Waals surface area contributed by atoms with Crippen molar-refractivity contribution in [3.8, 4) is 11.8 Å². The third-order valence-corrected chi connectivity index (χ3v) is 1.85. The van der Waals surface area contributed by atoms with E-state index in [1.807, 2.05) is 6.92 Å². The molecule has 0 atom stereocenters. The molecule has 0 fully saturated rings. The third kappa shape index (κ3) is 2.13. The molecule has 0 unspecified atom stereocenters. The minimum atomic E-state index is 0.605. The smallest absolute Gasteiger partial charge is 0.0245 e. The molecule has 0 N–H and O–H groups in total. The topological polar surface area (TPSA) is 0 Å². The molecule has 0 spiro atoms. The van der Waals surface area contributed by atoms with Crippen LogP contribution in [0, 0.1) is 11.8 Å². The van der Waals surface area contributed by atoms with Gasteiger partial charge in [0.15, 0.2) is 0 Å². The molecule has 0 aliphatic carbocycles. The van der Waals surface area contributed by atoms with Gasteiger partial charge in [-0.3, -0.25) is 0 Å². The van der Waals surface area contributed by atoms with Crippen molar-refractivity contribution in [3.05, 3.63) is 35.4 Å². The minimum absolute atomic E-state index is 0.605. The van der Waals surface area contributed by atoms with Gasteiger partial charge in [-0.05, 0) is 30.5 Å². The first-order chi connectivity index (χ1) is 5.74. The molecule has 0 amide bonds. The van der Waals surface area contributed by atoms with Crippen LogP contribution in [0.1, 0.15) is 37.8 Å². The van der Waals surface area contributed by atoms with Gasteiger partial charge in [-0.2, -0.15) is 0 Å². The number of rotatable bonds is 1. The summed E-state index contributed by atoms with van der Waals surface area (Å²) in [6.07, 6.45) is 0. The molecular weight excluding hydrogens is 144 g/mol. The fraction of sp³-hybridized carbons (Fsp3) is 0.333. The van der Waals surface area contributed by atoms with E-state index in [1.165, 1.54) is 5.56 Å². The van der Waals surface area contributed by atoms with Gasteiger partial charge in [-0.15, -0.1) is 5.92 Å². The first kappa shape index (κ1) is 8.87. The van der Waals surface area contributed by atoms with Gasteiger partial charge < -0.3 is 0 Å². The molecule has 0 heteroatoms. The zero-order chi connectivity index (χ0) is 8.97. The second-order valence-corrected chi connectivity index (χ2v) is 3.15. The van der Waals surface area contributed by atoms with Gasteiger partial charge in [0, 0.05) is 5.56 Å². The molecule has 0 radical (unpaired) electrons. The molecule has 0 bridgehead atoms.